The van der Waals surface area contributed by atoms with Crippen LogP contribution in [0.4, 0.5) is 0 Å². The van der Waals surface area contributed by atoms with E-state index in [-0.39, 0.29) is 5.91 Å². The third-order valence-corrected chi connectivity index (χ3v) is 3.13. The Balaban J connectivity index is 2.36. The third-order valence-electron chi connectivity index (χ3n) is 2.77. The Kier molecular flexibility index (Phi) is 7.56. The zero-order chi connectivity index (χ0) is 14.1. The predicted molar refractivity (Wildman–Crippen MR) is 82.0 cm³/mol. The molecule has 0 N–H and O–H groups in total. The lowest BCUT2D eigenvalue weighted by molar-refractivity contribution is -0.131. The van der Waals surface area contributed by atoms with Crippen LogP contribution in [-0.2, 0) is 4.79 Å². The van der Waals surface area contributed by atoms with Crippen LogP contribution in [0, 0.1) is 6.92 Å². The topological polar surface area (TPSA) is 29.5 Å². The second kappa shape index (κ2) is 8.97. The quantitative estimate of drug-likeness (QED) is 0.685. The van der Waals surface area contributed by atoms with E-state index in [0.29, 0.717) is 13.0 Å². The first-order valence-corrected chi connectivity index (χ1v) is 7.82. The van der Waals surface area contributed by atoms with E-state index < -0.39 is 0 Å². The predicted octanol–water partition coefficient (Wildman–Crippen LogP) is 3.40. The first-order valence-electron chi connectivity index (χ1n) is 6.70. The van der Waals surface area contributed by atoms with Crippen molar-refractivity contribution in [3.63, 3.8) is 0 Å². The molecule has 4 heteroatoms. The standard InChI is InChI=1S/C15H22BrNO2/c1-3-9-17(10-8-16)15(18)7-11-19-14-6-4-5-13(2)12-14/h4-6,12H,3,7-11H2,1-2H3. The van der Waals surface area contributed by atoms with Gasteiger partial charge in [-0.3, -0.25) is 4.79 Å². The van der Waals surface area contributed by atoms with Gasteiger partial charge in [0.25, 0.3) is 0 Å². The zero-order valence-corrected chi connectivity index (χ0v) is 13.3. The third kappa shape index (κ3) is 6.10. The molecule has 0 saturated heterocycles. The molecule has 0 unspecified atom stereocenters. The SMILES string of the molecule is CCCN(CCBr)C(=O)CCOc1cccc(C)c1. The molecular weight excluding hydrogens is 306 g/mol. The molecule has 0 aromatic heterocycles. The summed E-state index contributed by atoms with van der Waals surface area (Å²) in [6, 6.07) is 7.88. The summed E-state index contributed by atoms with van der Waals surface area (Å²) in [6.45, 7) is 6.12. The maximum Gasteiger partial charge on any atom is 0.226 e. The largest absolute Gasteiger partial charge is 0.493 e. The van der Waals surface area contributed by atoms with E-state index in [1.165, 1.54) is 0 Å². The number of aryl methyl sites for hydroxylation is 1. The minimum Gasteiger partial charge on any atom is -0.493 e. The Morgan fingerprint density at radius 3 is 2.79 bits per heavy atom. The summed E-state index contributed by atoms with van der Waals surface area (Å²) < 4.78 is 5.60. The van der Waals surface area contributed by atoms with E-state index in [1.807, 2.05) is 36.1 Å². The molecule has 1 amide bonds. The first kappa shape index (κ1) is 16.0. The first-order chi connectivity index (χ1) is 9.17. The highest BCUT2D eigenvalue weighted by molar-refractivity contribution is 9.09. The van der Waals surface area contributed by atoms with Crippen LogP contribution in [0.1, 0.15) is 25.3 Å². The monoisotopic (exact) mass is 327 g/mol. The Bertz CT molecular complexity index is 389. The van der Waals surface area contributed by atoms with Gasteiger partial charge in [0.05, 0.1) is 13.0 Å². The molecule has 1 aromatic rings. The van der Waals surface area contributed by atoms with Crippen molar-refractivity contribution in [2.24, 2.45) is 0 Å². The molecule has 0 aliphatic rings. The van der Waals surface area contributed by atoms with Gasteiger partial charge in [0, 0.05) is 18.4 Å². The van der Waals surface area contributed by atoms with Crippen molar-refractivity contribution in [2.75, 3.05) is 25.0 Å². The van der Waals surface area contributed by atoms with Crippen molar-refractivity contribution in [2.45, 2.75) is 26.7 Å². The summed E-state index contributed by atoms with van der Waals surface area (Å²) in [4.78, 5) is 13.9. The van der Waals surface area contributed by atoms with E-state index in [0.717, 1.165) is 36.2 Å². The molecular formula is C15H22BrNO2. The summed E-state index contributed by atoms with van der Waals surface area (Å²) in [7, 11) is 0. The highest BCUT2D eigenvalue weighted by Crippen LogP contribution is 2.12. The lowest BCUT2D eigenvalue weighted by Crippen LogP contribution is -2.34. The number of hydrogen-bond donors (Lipinski definition) is 0. The average molecular weight is 328 g/mol. The number of ether oxygens (including phenoxy) is 1. The van der Waals surface area contributed by atoms with Crippen LogP contribution in [0.5, 0.6) is 5.75 Å². The summed E-state index contributed by atoms with van der Waals surface area (Å²) in [5.74, 6) is 0.990. The van der Waals surface area contributed by atoms with E-state index in [4.69, 9.17) is 4.74 Å². The number of alkyl halides is 1. The molecule has 0 atom stereocenters. The average Bonchev–Trinajstić information content (AvgIpc) is 2.38. The Labute approximate surface area is 124 Å². The number of benzene rings is 1. The van der Waals surface area contributed by atoms with Gasteiger partial charge in [-0.15, -0.1) is 0 Å². The minimum absolute atomic E-state index is 0.161. The summed E-state index contributed by atoms with van der Waals surface area (Å²) in [6.07, 6.45) is 1.42. The van der Waals surface area contributed by atoms with Crippen molar-refractivity contribution in [1.82, 2.24) is 4.90 Å². The van der Waals surface area contributed by atoms with Crippen molar-refractivity contribution >= 4 is 21.8 Å². The van der Waals surface area contributed by atoms with Crippen molar-refractivity contribution in [3.05, 3.63) is 29.8 Å². The maximum atomic E-state index is 12.0. The van der Waals surface area contributed by atoms with Crippen molar-refractivity contribution in [3.8, 4) is 5.75 Å². The Morgan fingerprint density at radius 2 is 2.16 bits per heavy atom. The lowest BCUT2D eigenvalue weighted by atomic mass is 10.2. The number of hydrogen-bond acceptors (Lipinski definition) is 2. The number of halogens is 1. The van der Waals surface area contributed by atoms with Crippen LogP contribution >= 0.6 is 15.9 Å². The molecule has 1 rings (SSSR count). The van der Waals surface area contributed by atoms with Gasteiger partial charge in [-0.2, -0.15) is 0 Å². The lowest BCUT2D eigenvalue weighted by Gasteiger charge is -2.21. The normalized spacial score (nSPS) is 10.3. The molecule has 19 heavy (non-hydrogen) atoms. The molecule has 106 valence electrons. The van der Waals surface area contributed by atoms with Crippen molar-refractivity contribution in [1.29, 1.82) is 0 Å². The molecule has 0 bridgehead atoms. The molecule has 3 nitrogen and oxygen atoms in total. The van der Waals surface area contributed by atoms with Crippen LogP contribution < -0.4 is 4.74 Å². The summed E-state index contributed by atoms with van der Waals surface area (Å²) >= 11 is 3.38. The van der Waals surface area contributed by atoms with E-state index in [9.17, 15) is 4.79 Å². The van der Waals surface area contributed by atoms with Crippen LogP contribution in [0.15, 0.2) is 24.3 Å². The van der Waals surface area contributed by atoms with Gasteiger partial charge in [-0.05, 0) is 31.0 Å². The van der Waals surface area contributed by atoms with Gasteiger partial charge in [-0.25, -0.2) is 0 Å². The summed E-state index contributed by atoms with van der Waals surface area (Å²) in [5.41, 5.74) is 1.16. The molecule has 0 fully saturated rings. The van der Waals surface area contributed by atoms with E-state index >= 15 is 0 Å². The number of carbonyl (C=O) groups excluding carboxylic acids is 1. The van der Waals surface area contributed by atoms with E-state index in [1.54, 1.807) is 0 Å². The van der Waals surface area contributed by atoms with E-state index in [2.05, 4.69) is 22.9 Å². The van der Waals surface area contributed by atoms with Crippen molar-refractivity contribution < 1.29 is 9.53 Å². The zero-order valence-electron chi connectivity index (χ0n) is 11.7. The smallest absolute Gasteiger partial charge is 0.226 e. The van der Waals surface area contributed by atoms with Gasteiger partial charge in [0.2, 0.25) is 5.91 Å². The van der Waals surface area contributed by atoms with Gasteiger partial charge < -0.3 is 9.64 Å². The van der Waals surface area contributed by atoms with Gasteiger partial charge in [0.1, 0.15) is 5.75 Å². The highest BCUT2D eigenvalue weighted by Gasteiger charge is 2.11. The van der Waals surface area contributed by atoms with Gasteiger partial charge >= 0.3 is 0 Å². The van der Waals surface area contributed by atoms with Crippen LogP contribution in [0.25, 0.3) is 0 Å². The Hall–Kier alpha value is -1.03. The maximum absolute atomic E-state index is 12.0. The van der Waals surface area contributed by atoms with Gasteiger partial charge in [0.15, 0.2) is 0 Å². The number of rotatable bonds is 8. The number of nitrogens with zero attached hydrogens (tertiary/aromatic N) is 1. The summed E-state index contributed by atoms with van der Waals surface area (Å²) in [5, 5.41) is 0.817. The second-order valence-corrected chi connectivity index (χ2v) is 5.28. The Morgan fingerprint density at radius 1 is 1.37 bits per heavy atom. The number of amides is 1. The molecule has 0 aliphatic heterocycles. The molecule has 0 radical (unpaired) electrons. The molecule has 0 heterocycles. The minimum atomic E-state index is 0.161. The van der Waals surface area contributed by atoms with Crippen LogP contribution in [0.2, 0.25) is 0 Å². The fourth-order valence-corrected chi connectivity index (χ4v) is 2.28. The number of carbonyl (C=O) groups is 1. The molecule has 0 aliphatic carbocycles. The molecule has 0 spiro atoms. The molecule has 0 saturated carbocycles. The second-order valence-electron chi connectivity index (χ2n) is 4.48. The highest BCUT2D eigenvalue weighted by atomic mass is 79.9. The van der Waals surface area contributed by atoms with Crippen LogP contribution in [0.3, 0.4) is 0 Å². The fraction of sp³-hybridized carbons (Fsp3) is 0.533. The van der Waals surface area contributed by atoms with Crippen LogP contribution in [-0.4, -0.2) is 35.8 Å². The van der Waals surface area contributed by atoms with Gasteiger partial charge in [-0.1, -0.05) is 35.0 Å². The fourth-order valence-electron chi connectivity index (χ4n) is 1.85. The molecule has 1 aromatic carbocycles.